The highest BCUT2D eigenvalue weighted by atomic mass is 15.3. The minimum atomic E-state index is -0.0921. The number of allylic oxidation sites excluding steroid dienone is 2. The third-order valence-electron chi connectivity index (χ3n) is 1.42. The standard InChI is InChI=1S/C7H12N8/c8-6(9)14-12-4-1-2-5(3-4)13-15-7(10)11/h1-2H,3H2,(H4,8,9,14)(H4,10,11,15)/b12-4-,13-5-. The molecule has 0 saturated carbocycles. The van der Waals surface area contributed by atoms with Crippen molar-refractivity contribution in [3.63, 3.8) is 0 Å². The van der Waals surface area contributed by atoms with E-state index >= 15 is 0 Å². The highest BCUT2D eigenvalue weighted by Gasteiger charge is 2.08. The molecule has 8 heteroatoms. The van der Waals surface area contributed by atoms with E-state index in [1.165, 1.54) is 0 Å². The Morgan fingerprint density at radius 2 is 1.27 bits per heavy atom. The molecule has 1 rings (SSSR count). The van der Waals surface area contributed by atoms with Gasteiger partial charge in [0, 0.05) is 6.42 Å². The quantitative estimate of drug-likeness (QED) is 0.240. The van der Waals surface area contributed by atoms with Gasteiger partial charge >= 0.3 is 0 Å². The molecule has 15 heavy (non-hydrogen) atoms. The zero-order chi connectivity index (χ0) is 11.3. The smallest absolute Gasteiger partial charge is 0.211 e. The van der Waals surface area contributed by atoms with Crippen LogP contribution in [0.15, 0.2) is 32.6 Å². The minimum absolute atomic E-state index is 0.0921. The summed E-state index contributed by atoms with van der Waals surface area (Å²) in [6, 6.07) is 0. The first-order chi connectivity index (χ1) is 7.08. The van der Waals surface area contributed by atoms with Crippen molar-refractivity contribution in [2.24, 2.45) is 43.3 Å². The van der Waals surface area contributed by atoms with Gasteiger partial charge in [0.2, 0.25) is 11.9 Å². The SMILES string of the molecule is NC(N)=N/N=C1C=C/C(=N/N=C(N)N)C/1. The van der Waals surface area contributed by atoms with E-state index in [2.05, 4.69) is 20.4 Å². The van der Waals surface area contributed by atoms with Crippen LogP contribution in [0.1, 0.15) is 6.42 Å². The van der Waals surface area contributed by atoms with Crippen LogP contribution in [0, 0.1) is 0 Å². The molecule has 1 aliphatic rings. The maximum atomic E-state index is 5.12. The van der Waals surface area contributed by atoms with Gasteiger partial charge in [-0.2, -0.15) is 10.2 Å². The third kappa shape index (κ3) is 3.89. The summed E-state index contributed by atoms with van der Waals surface area (Å²) in [7, 11) is 0. The highest BCUT2D eigenvalue weighted by Crippen LogP contribution is 2.05. The van der Waals surface area contributed by atoms with Crippen LogP contribution in [0.5, 0.6) is 0 Å². The van der Waals surface area contributed by atoms with Crippen molar-refractivity contribution >= 4 is 23.3 Å². The lowest BCUT2D eigenvalue weighted by Crippen LogP contribution is -2.22. The van der Waals surface area contributed by atoms with Crippen molar-refractivity contribution < 1.29 is 0 Å². The Bertz CT molecular complexity index is 342. The fraction of sp³-hybridized carbons (Fsp3) is 0.143. The molecule has 0 bridgehead atoms. The lowest BCUT2D eigenvalue weighted by molar-refractivity contribution is 1.18. The van der Waals surface area contributed by atoms with Gasteiger partial charge in [0.1, 0.15) is 0 Å². The molecule has 8 N–H and O–H groups in total. The van der Waals surface area contributed by atoms with Crippen molar-refractivity contribution in [1.29, 1.82) is 0 Å². The number of hydrogen-bond acceptors (Lipinski definition) is 4. The molecule has 8 nitrogen and oxygen atoms in total. The Balaban J connectivity index is 2.66. The average molecular weight is 208 g/mol. The summed E-state index contributed by atoms with van der Waals surface area (Å²) in [5, 5.41) is 14.6. The van der Waals surface area contributed by atoms with Gasteiger partial charge in [-0.15, -0.1) is 10.2 Å². The van der Waals surface area contributed by atoms with Gasteiger partial charge in [-0.25, -0.2) is 0 Å². The monoisotopic (exact) mass is 208 g/mol. The van der Waals surface area contributed by atoms with Crippen LogP contribution in [-0.4, -0.2) is 23.3 Å². The number of rotatable bonds is 2. The first-order valence-electron chi connectivity index (χ1n) is 4.07. The number of guanidine groups is 2. The predicted molar refractivity (Wildman–Crippen MR) is 60.2 cm³/mol. The first kappa shape index (κ1) is 10.7. The second-order valence-electron chi connectivity index (χ2n) is 2.74. The van der Waals surface area contributed by atoms with Crippen molar-refractivity contribution in [1.82, 2.24) is 0 Å². The van der Waals surface area contributed by atoms with E-state index in [4.69, 9.17) is 22.9 Å². The van der Waals surface area contributed by atoms with E-state index in [0.717, 1.165) is 0 Å². The van der Waals surface area contributed by atoms with Crippen molar-refractivity contribution in [2.45, 2.75) is 6.42 Å². The summed E-state index contributed by atoms with van der Waals surface area (Å²) in [5.41, 5.74) is 21.8. The zero-order valence-corrected chi connectivity index (χ0v) is 7.96. The van der Waals surface area contributed by atoms with Crippen molar-refractivity contribution in [3.8, 4) is 0 Å². The fourth-order valence-electron chi connectivity index (χ4n) is 0.877. The van der Waals surface area contributed by atoms with Gasteiger partial charge in [0.05, 0.1) is 11.4 Å². The van der Waals surface area contributed by atoms with Gasteiger partial charge in [-0.05, 0) is 12.2 Å². The van der Waals surface area contributed by atoms with Gasteiger partial charge in [0.25, 0.3) is 0 Å². The maximum absolute atomic E-state index is 5.12. The summed E-state index contributed by atoms with van der Waals surface area (Å²) >= 11 is 0. The van der Waals surface area contributed by atoms with E-state index in [1.54, 1.807) is 12.2 Å². The van der Waals surface area contributed by atoms with E-state index in [1.807, 2.05) is 0 Å². The fourth-order valence-corrected chi connectivity index (χ4v) is 0.877. The van der Waals surface area contributed by atoms with Crippen LogP contribution in [0.25, 0.3) is 0 Å². The second-order valence-corrected chi connectivity index (χ2v) is 2.74. The Morgan fingerprint density at radius 1 is 0.867 bits per heavy atom. The molecule has 0 aromatic heterocycles. The predicted octanol–water partition coefficient (Wildman–Crippen LogP) is -1.79. The van der Waals surface area contributed by atoms with E-state index in [-0.39, 0.29) is 11.9 Å². The molecular weight excluding hydrogens is 196 g/mol. The Morgan fingerprint density at radius 3 is 1.60 bits per heavy atom. The Hall–Kier alpha value is -2.38. The van der Waals surface area contributed by atoms with Gasteiger partial charge < -0.3 is 22.9 Å². The number of hydrogen-bond donors (Lipinski definition) is 4. The molecule has 0 saturated heterocycles. The second kappa shape index (κ2) is 4.74. The van der Waals surface area contributed by atoms with Gasteiger partial charge in [-0.1, -0.05) is 0 Å². The summed E-state index contributed by atoms with van der Waals surface area (Å²) < 4.78 is 0. The minimum Gasteiger partial charge on any atom is -0.369 e. The average Bonchev–Trinajstić information content (AvgIpc) is 2.59. The molecule has 0 radical (unpaired) electrons. The normalized spacial score (nSPS) is 19.5. The van der Waals surface area contributed by atoms with E-state index < -0.39 is 0 Å². The zero-order valence-electron chi connectivity index (χ0n) is 7.96. The van der Waals surface area contributed by atoms with Crippen LogP contribution in [0.2, 0.25) is 0 Å². The molecule has 80 valence electrons. The molecule has 0 fully saturated rings. The van der Waals surface area contributed by atoms with Crippen molar-refractivity contribution in [2.75, 3.05) is 0 Å². The van der Waals surface area contributed by atoms with Crippen LogP contribution in [-0.2, 0) is 0 Å². The lowest BCUT2D eigenvalue weighted by atomic mass is 10.3. The summed E-state index contributed by atoms with van der Waals surface area (Å²) in [5.74, 6) is -0.184. The summed E-state index contributed by atoms with van der Waals surface area (Å²) in [6.07, 6.45) is 3.95. The molecular formula is C7H12N8. The number of nitrogens with two attached hydrogens (primary N) is 4. The molecule has 0 aromatic carbocycles. The van der Waals surface area contributed by atoms with Crippen LogP contribution >= 0.6 is 0 Å². The molecule has 0 unspecified atom stereocenters. The molecule has 1 aliphatic carbocycles. The van der Waals surface area contributed by atoms with Crippen LogP contribution in [0.3, 0.4) is 0 Å². The molecule has 0 heterocycles. The Labute approximate surface area is 86.1 Å². The topological polar surface area (TPSA) is 154 Å². The molecule has 0 spiro atoms. The van der Waals surface area contributed by atoms with E-state index in [0.29, 0.717) is 17.8 Å². The van der Waals surface area contributed by atoms with E-state index in [9.17, 15) is 0 Å². The van der Waals surface area contributed by atoms with Crippen LogP contribution < -0.4 is 22.9 Å². The first-order valence-corrected chi connectivity index (χ1v) is 4.07. The van der Waals surface area contributed by atoms with Crippen LogP contribution in [0.4, 0.5) is 0 Å². The lowest BCUT2D eigenvalue weighted by Gasteiger charge is -1.90. The molecule has 0 amide bonds. The van der Waals surface area contributed by atoms with Gasteiger partial charge in [-0.3, -0.25) is 0 Å². The third-order valence-corrected chi connectivity index (χ3v) is 1.42. The van der Waals surface area contributed by atoms with Crippen molar-refractivity contribution in [3.05, 3.63) is 12.2 Å². The molecule has 0 aliphatic heterocycles. The molecule has 0 atom stereocenters. The number of nitrogens with zero attached hydrogens (tertiary/aromatic N) is 4. The summed E-state index contributed by atoms with van der Waals surface area (Å²) in [4.78, 5) is 0. The maximum Gasteiger partial charge on any atom is 0.211 e. The Kier molecular flexibility index (Phi) is 3.38. The van der Waals surface area contributed by atoms with Gasteiger partial charge in [0.15, 0.2) is 0 Å². The summed E-state index contributed by atoms with van der Waals surface area (Å²) in [6.45, 7) is 0. The molecule has 0 aromatic rings. The largest absolute Gasteiger partial charge is 0.369 e. The highest BCUT2D eigenvalue weighted by molar-refractivity contribution is 6.20.